The third kappa shape index (κ3) is 3.92. The topological polar surface area (TPSA) is 17.1 Å². The van der Waals surface area contributed by atoms with E-state index in [9.17, 15) is 4.79 Å². The normalized spacial score (nSPS) is 10.8. The smallest absolute Gasteiger partial charge is 0.120 e. The van der Waals surface area contributed by atoms with E-state index in [2.05, 4.69) is 49.4 Å². The van der Waals surface area contributed by atoms with Crippen LogP contribution in [0.3, 0.4) is 0 Å². The largest absolute Gasteiger partial charge is 0.303 e. The third-order valence-corrected chi connectivity index (χ3v) is 3.15. The number of hydrogen-bond acceptors (Lipinski definition) is 1. The maximum absolute atomic E-state index is 10.4. The summed E-state index contributed by atoms with van der Waals surface area (Å²) in [7, 11) is 0. The van der Waals surface area contributed by atoms with Gasteiger partial charge in [-0.3, -0.25) is 0 Å². The summed E-state index contributed by atoms with van der Waals surface area (Å²) < 4.78 is 0. The van der Waals surface area contributed by atoms with Crippen LogP contribution >= 0.6 is 0 Å². The minimum atomic E-state index is 0.588. The molecule has 0 fully saturated rings. The molecule has 96 valence electrons. The van der Waals surface area contributed by atoms with Crippen molar-refractivity contribution in [3.05, 3.63) is 70.8 Å². The number of benzene rings is 2. The first-order valence-electron chi connectivity index (χ1n) is 6.56. The molecule has 19 heavy (non-hydrogen) atoms. The van der Waals surface area contributed by atoms with E-state index in [-0.39, 0.29) is 0 Å². The summed E-state index contributed by atoms with van der Waals surface area (Å²) in [5.41, 5.74) is 4.89. The molecule has 0 aromatic heterocycles. The lowest BCUT2D eigenvalue weighted by Crippen LogP contribution is -1.86. The Hall–Kier alpha value is -2.15. The van der Waals surface area contributed by atoms with Crippen molar-refractivity contribution in [1.29, 1.82) is 0 Å². The SMILES string of the molecule is Cc1ccccc1/C=C\c1cccc(CCC=O)c1. The molecule has 1 heteroatoms. The van der Waals surface area contributed by atoms with Crippen molar-refractivity contribution in [2.75, 3.05) is 0 Å². The summed E-state index contributed by atoms with van der Waals surface area (Å²) in [5, 5.41) is 0. The summed E-state index contributed by atoms with van der Waals surface area (Å²) in [6, 6.07) is 16.6. The van der Waals surface area contributed by atoms with Gasteiger partial charge in [-0.1, -0.05) is 60.7 Å². The maximum atomic E-state index is 10.4. The van der Waals surface area contributed by atoms with Gasteiger partial charge in [-0.15, -0.1) is 0 Å². The zero-order chi connectivity index (χ0) is 13.5. The third-order valence-electron chi connectivity index (χ3n) is 3.15. The van der Waals surface area contributed by atoms with Gasteiger partial charge in [0.05, 0.1) is 0 Å². The quantitative estimate of drug-likeness (QED) is 0.571. The van der Waals surface area contributed by atoms with Crippen molar-refractivity contribution in [3.63, 3.8) is 0 Å². The minimum absolute atomic E-state index is 0.588. The Morgan fingerprint density at radius 1 is 1.00 bits per heavy atom. The van der Waals surface area contributed by atoms with Crippen LogP contribution in [-0.4, -0.2) is 6.29 Å². The molecular formula is C18H18O. The van der Waals surface area contributed by atoms with Crippen LogP contribution in [0.2, 0.25) is 0 Å². The van der Waals surface area contributed by atoms with Crippen LogP contribution in [-0.2, 0) is 11.2 Å². The number of aryl methyl sites for hydroxylation is 2. The number of carbonyl (C=O) groups is 1. The second-order valence-electron chi connectivity index (χ2n) is 4.64. The Morgan fingerprint density at radius 2 is 1.84 bits per heavy atom. The zero-order valence-electron chi connectivity index (χ0n) is 11.2. The molecule has 0 atom stereocenters. The number of carbonyl (C=O) groups excluding carboxylic acids is 1. The van der Waals surface area contributed by atoms with Crippen molar-refractivity contribution in [2.24, 2.45) is 0 Å². The Kier molecular flexibility index (Phi) is 4.68. The summed E-state index contributed by atoms with van der Waals surface area (Å²) in [6.45, 7) is 2.11. The lowest BCUT2D eigenvalue weighted by Gasteiger charge is -2.01. The molecule has 0 saturated heterocycles. The van der Waals surface area contributed by atoms with Crippen LogP contribution in [0.4, 0.5) is 0 Å². The molecule has 0 aliphatic carbocycles. The predicted octanol–water partition coefficient (Wildman–Crippen LogP) is 4.30. The van der Waals surface area contributed by atoms with Gasteiger partial charge < -0.3 is 4.79 Å². The maximum Gasteiger partial charge on any atom is 0.120 e. The molecule has 0 radical (unpaired) electrons. The van der Waals surface area contributed by atoms with E-state index in [4.69, 9.17) is 0 Å². The first-order valence-corrected chi connectivity index (χ1v) is 6.56. The highest BCUT2D eigenvalue weighted by Crippen LogP contribution is 2.14. The monoisotopic (exact) mass is 250 g/mol. The second-order valence-corrected chi connectivity index (χ2v) is 4.64. The molecule has 2 rings (SSSR count). The molecule has 0 spiro atoms. The molecule has 0 aliphatic rings. The van der Waals surface area contributed by atoms with Gasteiger partial charge in [0, 0.05) is 6.42 Å². The fraction of sp³-hybridized carbons (Fsp3) is 0.167. The molecule has 0 aliphatic heterocycles. The number of rotatable bonds is 5. The van der Waals surface area contributed by atoms with Gasteiger partial charge in [0.1, 0.15) is 6.29 Å². The molecule has 0 amide bonds. The van der Waals surface area contributed by atoms with E-state index < -0.39 is 0 Å². The van der Waals surface area contributed by atoms with Crippen LogP contribution in [0.1, 0.15) is 28.7 Å². The van der Waals surface area contributed by atoms with Crippen molar-refractivity contribution >= 4 is 18.4 Å². The van der Waals surface area contributed by atoms with Crippen LogP contribution in [0.5, 0.6) is 0 Å². The lowest BCUT2D eigenvalue weighted by atomic mass is 10.0. The molecule has 0 N–H and O–H groups in total. The van der Waals surface area contributed by atoms with E-state index >= 15 is 0 Å². The van der Waals surface area contributed by atoms with Gasteiger partial charge in [-0.25, -0.2) is 0 Å². The van der Waals surface area contributed by atoms with Gasteiger partial charge in [0.25, 0.3) is 0 Å². The van der Waals surface area contributed by atoms with Crippen molar-refractivity contribution in [1.82, 2.24) is 0 Å². The molecule has 0 bridgehead atoms. The fourth-order valence-electron chi connectivity index (χ4n) is 2.04. The van der Waals surface area contributed by atoms with Crippen LogP contribution < -0.4 is 0 Å². The molecule has 0 unspecified atom stereocenters. The molecular weight excluding hydrogens is 232 g/mol. The van der Waals surface area contributed by atoms with Crippen molar-refractivity contribution in [3.8, 4) is 0 Å². The average Bonchev–Trinajstić information content (AvgIpc) is 2.45. The van der Waals surface area contributed by atoms with E-state index in [0.717, 1.165) is 12.7 Å². The van der Waals surface area contributed by atoms with Crippen LogP contribution in [0.15, 0.2) is 48.5 Å². The highest BCUT2D eigenvalue weighted by atomic mass is 16.1. The first kappa shape index (κ1) is 13.3. The number of aldehydes is 1. The van der Waals surface area contributed by atoms with E-state index in [1.807, 2.05) is 18.2 Å². The molecule has 1 nitrogen and oxygen atoms in total. The Labute approximate surface area is 114 Å². The summed E-state index contributed by atoms with van der Waals surface area (Å²) >= 11 is 0. The minimum Gasteiger partial charge on any atom is -0.303 e. The summed E-state index contributed by atoms with van der Waals surface area (Å²) in [4.78, 5) is 10.4. The zero-order valence-corrected chi connectivity index (χ0v) is 11.2. The van der Waals surface area contributed by atoms with Crippen molar-refractivity contribution in [2.45, 2.75) is 19.8 Å². The summed E-state index contributed by atoms with van der Waals surface area (Å²) in [5.74, 6) is 0. The standard InChI is InChI=1S/C18H18O/c1-15-6-2-3-10-18(15)12-11-17-8-4-7-16(14-17)9-5-13-19/h2-4,6-8,10-14H,5,9H2,1H3/b12-11-. The van der Waals surface area contributed by atoms with E-state index in [0.29, 0.717) is 6.42 Å². The molecule has 0 heterocycles. The van der Waals surface area contributed by atoms with E-state index in [1.54, 1.807) is 0 Å². The molecule has 2 aromatic rings. The first-order chi connectivity index (χ1) is 9.29. The van der Waals surface area contributed by atoms with Gasteiger partial charge in [0.15, 0.2) is 0 Å². The Balaban J connectivity index is 2.14. The predicted molar refractivity (Wildman–Crippen MR) is 80.9 cm³/mol. The van der Waals surface area contributed by atoms with Crippen LogP contribution in [0.25, 0.3) is 12.2 Å². The molecule has 2 aromatic carbocycles. The van der Waals surface area contributed by atoms with Gasteiger partial charge in [-0.2, -0.15) is 0 Å². The highest BCUT2D eigenvalue weighted by Gasteiger charge is 1.95. The van der Waals surface area contributed by atoms with Gasteiger partial charge in [-0.05, 0) is 35.6 Å². The van der Waals surface area contributed by atoms with E-state index in [1.165, 1.54) is 22.3 Å². The van der Waals surface area contributed by atoms with Crippen molar-refractivity contribution < 1.29 is 4.79 Å². The highest BCUT2D eigenvalue weighted by molar-refractivity contribution is 5.71. The average molecular weight is 250 g/mol. The summed E-state index contributed by atoms with van der Waals surface area (Å²) in [6.07, 6.45) is 6.62. The fourth-order valence-corrected chi connectivity index (χ4v) is 2.04. The van der Waals surface area contributed by atoms with Crippen LogP contribution in [0, 0.1) is 6.92 Å². The second kappa shape index (κ2) is 6.69. The lowest BCUT2D eigenvalue weighted by molar-refractivity contribution is -0.107. The molecule has 0 saturated carbocycles. The van der Waals surface area contributed by atoms with Gasteiger partial charge >= 0.3 is 0 Å². The number of hydrogen-bond donors (Lipinski definition) is 0. The van der Waals surface area contributed by atoms with Gasteiger partial charge in [0.2, 0.25) is 0 Å². The Bertz CT molecular complexity index is 582. The Morgan fingerprint density at radius 3 is 2.63 bits per heavy atom.